The van der Waals surface area contributed by atoms with E-state index < -0.39 is 10.0 Å². The minimum absolute atomic E-state index is 0.0253. The van der Waals surface area contributed by atoms with E-state index in [9.17, 15) is 8.42 Å². The third kappa shape index (κ3) is 3.68. The lowest BCUT2D eigenvalue weighted by atomic mass is 10.2. The molecule has 1 aromatic carbocycles. The first kappa shape index (κ1) is 16.1. The predicted molar refractivity (Wildman–Crippen MR) is 83.2 cm³/mol. The number of rotatable bonds is 5. The van der Waals surface area contributed by atoms with Gasteiger partial charge in [0.1, 0.15) is 4.90 Å². The number of anilines is 1. The first-order valence-corrected chi connectivity index (χ1v) is 8.21. The topological polar surface area (TPSA) is 76.0 Å². The van der Waals surface area contributed by atoms with Crippen LogP contribution in [0.15, 0.2) is 29.4 Å². The zero-order chi connectivity index (χ0) is 15.6. The average Bonchev–Trinajstić information content (AvgIpc) is 2.77. The molecule has 6 nitrogen and oxygen atoms in total. The van der Waals surface area contributed by atoms with Crippen LogP contribution in [0, 0.1) is 0 Å². The van der Waals surface area contributed by atoms with E-state index in [0.717, 1.165) is 0 Å². The summed E-state index contributed by atoms with van der Waals surface area (Å²) >= 11 is 12.1. The molecule has 0 amide bonds. The summed E-state index contributed by atoms with van der Waals surface area (Å²) in [7, 11) is -0.374. The summed E-state index contributed by atoms with van der Waals surface area (Å²) in [5, 5.41) is 7.30. The van der Waals surface area contributed by atoms with E-state index in [0.29, 0.717) is 22.8 Å². The third-order valence-electron chi connectivity index (χ3n) is 2.71. The van der Waals surface area contributed by atoms with E-state index in [2.05, 4.69) is 15.1 Å². The van der Waals surface area contributed by atoms with Gasteiger partial charge in [0.15, 0.2) is 0 Å². The minimum atomic E-state index is -3.81. The van der Waals surface area contributed by atoms with Gasteiger partial charge in [0.25, 0.3) is 10.0 Å². The van der Waals surface area contributed by atoms with Crippen LogP contribution in [0.3, 0.4) is 0 Å². The van der Waals surface area contributed by atoms with Crippen LogP contribution in [0.5, 0.6) is 0 Å². The predicted octanol–water partition coefficient (Wildman–Crippen LogP) is 2.25. The second-order valence-electron chi connectivity index (χ2n) is 4.41. The summed E-state index contributed by atoms with van der Waals surface area (Å²) in [6.45, 7) is 0.436. The molecule has 0 aliphatic rings. The second-order valence-corrected chi connectivity index (χ2v) is 6.88. The van der Waals surface area contributed by atoms with Crippen molar-refractivity contribution < 1.29 is 8.42 Å². The molecular weight excluding hydrogens is 335 g/mol. The van der Waals surface area contributed by atoms with E-state index in [1.54, 1.807) is 20.3 Å². The SMILES string of the molecule is CNCc1cc(S(=O)(=O)Nc2cnn(C)c2)c(Cl)cc1Cl. The fourth-order valence-corrected chi connectivity index (χ4v) is 3.68. The number of nitrogens with zero attached hydrogens (tertiary/aromatic N) is 2. The van der Waals surface area contributed by atoms with Crippen molar-refractivity contribution in [2.24, 2.45) is 7.05 Å². The highest BCUT2D eigenvalue weighted by molar-refractivity contribution is 7.92. The molecule has 0 fully saturated rings. The Labute approximate surface area is 133 Å². The molecule has 0 spiro atoms. The summed E-state index contributed by atoms with van der Waals surface area (Å²) in [5.41, 5.74) is 1.01. The highest BCUT2D eigenvalue weighted by Gasteiger charge is 2.20. The lowest BCUT2D eigenvalue weighted by Gasteiger charge is -2.11. The molecule has 0 radical (unpaired) electrons. The number of aryl methyl sites for hydroxylation is 1. The molecule has 1 aromatic heterocycles. The first-order valence-electron chi connectivity index (χ1n) is 5.97. The molecule has 2 aromatic rings. The van der Waals surface area contributed by atoms with Gasteiger partial charge < -0.3 is 5.32 Å². The van der Waals surface area contributed by atoms with Crippen LogP contribution in [-0.2, 0) is 23.6 Å². The first-order chi connectivity index (χ1) is 9.83. The zero-order valence-corrected chi connectivity index (χ0v) is 13.7. The third-order valence-corrected chi connectivity index (χ3v) is 4.91. The Morgan fingerprint density at radius 2 is 2.00 bits per heavy atom. The van der Waals surface area contributed by atoms with E-state index in [4.69, 9.17) is 23.2 Å². The molecule has 0 bridgehead atoms. The van der Waals surface area contributed by atoms with Gasteiger partial charge in [-0.05, 0) is 24.7 Å². The monoisotopic (exact) mass is 348 g/mol. The maximum absolute atomic E-state index is 12.4. The van der Waals surface area contributed by atoms with Crippen LogP contribution in [0.2, 0.25) is 10.0 Å². The largest absolute Gasteiger partial charge is 0.316 e. The van der Waals surface area contributed by atoms with Gasteiger partial charge in [-0.15, -0.1) is 0 Å². The van der Waals surface area contributed by atoms with Gasteiger partial charge in [0, 0.05) is 24.8 Å². The van der Waals surface area contributed by atoms with Crippen molar-refractivity contribution in [3.63, 3.8) is 0 Å². The Hall–Kier alpha value is -1.28. The Kier molecular flexibility index (Phi) is 4.77. The Balaban J connectivity index is 2.41. The van der Waals surface area contributed by atoms with Gasteiger partial charge >= 0.3 is 0 Å². The number of halogens is 2. The number of hydrogen-bond donors (Lipinski definition) is 2. The molecule has 114 valence electrons. The average molecular weight is 349 g/mol. The highest BCUT2D eigenvalue weighted by atomic mass is 35.5. The highest BCUT2D eigenvalue weighted by Crippen LogP contribution is 2.29. The van der Waals surface area contributed by atoms with Crippen LogP contribution in [-0.4, -0.2) is 25.2 Å². The molecule has 0 saturated carbocycles. The standard InChI is InChI=1S/C12H14Cl2N4O2S/c1-15-5-8-3-12(11(14)4-10(8)13)21(19,20)17-9-6-16-18(2)7-9/h3-4,6-7,15,17H,5H2,1-2H3. The molecule has 2 N–H and O–H groups in total. The van der Waals surface area contributed by atoms with Gasteiger partial charge in [0.2, 0.25) is 0 Å². The lowest BCUT2D eigenvalue weighted by Crippen LogP contribution is -2.14. The molecule has 0 aliphatic heterocycles. The fraction of sp³-hybridized carbons (Fsp3) is 0.250. The van der Waals surface area contributed by atoms with Crippen molar-refractivity contribution in [3.8, 4) is 0 Å². The Morgan fingerprint density at radius 3 is 2.57 bits per heavy atom. The van der Waals surface area contributed by atoms with Gasteiger partial charge in [0.05, 0.1) is 16.9 Å². The molecule has 2 rings (SSSR count). The molecule has 0 aliphatic carbocycles. The van der Waals surface area contributed by atoms with E-state index in [-0.39, 0.29) is 9.92 Å². The number of benzene rings is 1. The van der Waals surface area contributed by atoms with Crippen LogP contribution in [0.1, 0.15) is 5.56 Å². The summed E-state index contributed by atoms with van der Waals surface area (Å²) in [6.07, 6.45) is 2.96. The number of hydrogen-bond acceptors (Lipinski definition) is 4. The van der Waals surface area contributed by atoms with E-state index >= 15 is 0 Å². The number of aromatic nitrogens is 2. The zero-order valence-electron chi connectivity index (χ0n) is 11.4. The lowest BCUT2D eigenvalue weighted by molar-refractivity contribution is 0.601. The van der Waals surface area contributed by atoms with Crippen molar-refractivity contribution >= 4 is 38.9 Å². The maximum atomic E-state index is 12.4. The van der Waals surface area contributed by atoms with Crippen LogP contribution in [0.4, 0.5) is 5.69 Å². The van der Waals surface area contributed by atoms with Gasteiger partial charge in [-0.1, -0.05) is 23.2 Å². The van der Waals surface area contributed by atoms with Gasteiger partial charge in [-0.3, -0.25) is 9.40 Å². The molecule has 21 heavy (non-hydrogen) atoms. The van der Waals surface area contributed by atoms with Crippen molar-refractivity contribution in [3.05, 3.63) is 40.1 Å². The van der Waals surface area contributed by atoms with E-state index in [1.165, 1.54) is 23.0 Å². The molecular formula is C12H14Cl2N4O2S. The van der Waals surface area contributed by atoms with E-state index in [1.807, 2.05) is 0 Å². The smallest absolute Gasteiger partial charge is 0.263 e. The molecule has 9 heteroatoms. The Morgan fingerprint density at radius 1 is 1.29 bits per heavy atom. The molecule has 0 atom stereocenters. The quantitative estimate of drug-likeness (QED) is 0.868. The summed E-state index contributed by atoms with van der Waals surface area (Å²) in [5.74, 6) is 0. The maximum Gasteiger partial charge on any atom is 0.263 e. The normalized spacial score (nSPS) is 11.6. The summed E-state index contributed by atoms with van der Waals surface area (Å²) < 4.78 is 28.7. The second kappa shape index (κ2) is 6.23. The van der Waals surface area contributed by atoms with Crippen molar-refractivity contribution in [1.29, 1.82) is 0 Å². The number of nitrogens with one attached hydrogen (secondary N) is 2. The molecule has 0 unspecified atom stereocenters. The summed E-state index contributed by atoms with van der Waals surface area (Å²) in [4.78, 5) is -0.0253. The fourth-order valence-electron chi connectivity index (χ4n) is 1.79. The molecule has 1 heterocycles. The van der Waals surface area contributed by atoms with Crippen LogP contribution in [0.25, 0.3) is 0 Å². The summed E-state index contributed by atoms with van der Waals surface area (Å²) in [6, 6.07) is 2.88. The van der Waals surface area contributed by atoms with Gasteiger partial charge in [-0.2, -0.15) is 5.10 Å². The Bertz CT molecular complexity index is 759. The van der Waals surface area contributed by atoms with Crippen molar-refractivity contribution in [1.82, 2.24) is 15.1 Å². The van der Waals surface area contributed by atoms with Crippen molar-refractivity contribution in [2.75, 3.05) is 11.8 Å². The van der Waals surface area contributed by atoms with Gasteiger partial charge in [-0.25, -0.2) is 8.42 Å². The number of sulfonamides is 1. The van der Waals surface area contributed by atoms with Crippen LogP contribution >= 0.6 is 23.2 Å². The van der Waals surface area contributed by atoms with Crippen LogP contribution < -0.4 is 10.0 Å². The minimum Gasteiger partial charge on any atom is -0.316 e. The molecule has 0 saturated heterocycles. The van der Waals surface area contributed by atoms with Crippen molar-refractivity contribution in [2.45, 2.75) is 11.4 Å².